The Labute approximate surface area is 381 Å². The average Bonchev–Trinajstić information content (AvgIpc) is 2.74. The predicted molar refractivity (Wildman–Crippen MR) is 259 cm³/mol. The molecule has 0 aliphatic heterocycles. The Morgan fingerprint density at radius 2 is 0.442 bits per heavy atom. The van der Waals surface area contributed by atoms with Gasteiger partial charge in [0.1, 0.15) is 0 Å². The Bertz CT molecular complexity index is 859. The van der Waals surface area contributed by atoms with Gasteiger partial charge in [0.15, 0.2) is 11.8 Å². The van der Waals surface area contributed by atoms with Crippen molar-refractivity contribution in [3.8, 4) is 10.8 Å². The largest absolute Gasteiger partial charge is 2.00 e. The molecule has 0 saturated heterocycles. The summed E-state index contributed by atoms with van der Waals surface area (Å²) in [7, 11) is -1.58. The molecule has 14 heteroatoms. The average molecular weight is 1240 g/mol. The Morgan fingerprint density at radius 3 is 0.481 bits per heavy atom. The molecule has 0 unspecified atom stereocenters. The van der Waals surface area contributed by atoms with E-state index in [1.54, 1.807) is 0 Å². The molecule has 0 atom stereocenters. The van der Waals surface area contributed by atoms with Gasteiger partial charge in [0.25, 0.3) is 0 Å². The van der Waals surface area contributed by atoms with Crippen molar-refractivity contribution >= 4 is 91.7 Å². The number of hydrogen-bond acceptors (Lipinski definition) is 6. The summed E-state index contributed by atoms with van der Waals surface area (Å²) in [6.07, 6.45) is 0. The van der Waals surface area contributed by atoms with Crippen LogP contribution < -0.4 is 0 Å². The van der Waals surface area contributed by atoms with E-state index < -0.39 is 31.7 Å². The van der Waals surface area contributed by atoms with Crippen LogP contribution in [0.4, 0.5) is 0 Å². The quantitative estimate of drug-likeness (QED) is 0.0916. The maximum Gasteiger partial charge on any atom is 2.00 e. The summed E-state index contributed by atoms with van der Waals surface area (Å²) in [5.74, 6) is 3.05. The molecule has 0 amide bonds. The maximum absolute atomic E-state index is 7.13. The normalized spacial score (nSPS) is 11.9. The molecular formula is C38H80N4P4Pt2S4+4. The van der Waals surface area contributed by atoms with Crippen molar-refractivity contribution in [2.45, 2.75) is 207 Å². The van der Waals surface area contributed by atoms with Gasteiger partial charge in [-0.15, -0.1) is 0 Å². The zero-order chi connectivity index (χ0) is 42.6. The molecule has 4 nitrogen and oxygen atoms in total. The first-order chi connectivity index (χ1) is 21.6. The number of isothiocyanates is 2. The second kappa shape index (κ2) is 31.1. The summed E-state index contributed by atoms with van der Waals surface area (Å²) >= 11 is 14.8. The van der Waals surface area contributed by atoms with Crippen LogP contribution in [0.15, 0.2) is 0 Å². The minimum atomic E-state index is -0.394. The molecule has 0 saturated carbocycles. The zero-order valence-corrected chi connectivity index (χ0v) is 49.3. The topological polar surface area (TPSA) is 92.2 Å². The van der Waals surface area contributed by atoms with Crippen LogP contribution in [-0.4, -0.2) is 63.4 Å². The van der Waals surface area contributed by atoms with Crippen LogP contribution in [0.1, 0.15) is 166 Å². The number of rotatable bonds is 4. The van der Waals surface area contributed by atoms with E-state index in [1.165, 1.54) is 32.9 Å². The van der Waals surface area contributed by atoms with Crippen molar-refractivity contribution in [3.05, 3.63) is 10.8 Å². The van der Waals surface area contributed by atoms with Gasteiger partial charge in [-0.1, -0.05) is 35.2 Å². The molecule has 0 aromatic rings. The van der Waals surface area contributed by atoms with Gasteiger partial charge in [0, 0.05) is 31.7 Å². The van der Waals surface area contributed by atoms with Crippen molar-refractivity contribution < 1.29 is 42.1 Å². The Hall–Kier alpha value is 2.12. The number of nitrogens with zero attached hydrogens (tertiary/aromatic N) is 4. The minimum Gasteiger partial charge on any atom is -0.753 e. The second-order valence-electron chi connectivity index (χ2n) is 20.6. The van der Waals surface area contributed by atoms with Gasteiger partial charge in [0.05, 0.1) is 41.2 Å². The summed E-state index contributed by atoms with van der Waals surface area (Å²) in [6, 6.07) is 0. The second-order valence-corrected chi connectivity index (χ2v) is 40.0. The van der Waals surface area contributed by atoms with E-state index in [1.807, 2.05) is 0 Å². The third-order valence-electron chi connectivity index (χ3n) is 7.95. The number of thiocyanates is 2. The smallest absolute Gasteiger partial charge is 0.753 e. The first-order valence-electron chi connectivity index (χ1n) is 17.1. The van der Waals surface area contributed by atoms with E-state index in [-0.39, 0.29) is 42.1 Å². The standard InChI is InChI=1S/2C17H38P2.2CHNS.2CNS.2Pt/c2*1-14(2,3)18(15(4,5)6)13-19(16(7,8)9)17(10,11)12;4*2-1-3;;/h2*13H2,1-12H3;2*3H;;;;/q;;;;2*-1;2*+2/p+2. The van der Waals surface area contributed by atoms with Gasteiger partial charge in [-0.2, -0.15) is 10.3 Å². The molecule has 0 spiro atoms. The van der Waals surface area contributed by atoms with Crippen LogP contribution in [0.25, 0.3) is 10.8 Å². The Morgan fingerprint density at radius 1 is 0.385 bits per heavy atom. The van der Waals surface area contributed by atoms with Crippen LogP contribution in [0, 0.1) is 21.3 Å². The van der Waals surface area contributed by atoms with Gasteiger partial charge in [-0.25, -0.2) is 10.5 Å². The maximum atomic E-state index is 7.13. The van der Waals surface area contributed by atoms with Gasteiger partial charge >= 0.3 is 42.1 Å². The summed E-state index contributed by atoms with van der Waals surface area (Å²) in [6.45, 7) is 59.3. The predicted octanol–water partition coefficient (Wildman–Crippen LogP) is 14.5. The van der Waals surface area contributed by atoms with Gasteiger partial charge in [0.2, 0.25) is 0 Å². The summed E-state index contributed by atoms with van der Waals surface area (Å²) in [5, 5.41) is 37.8. The summed E-state index contributed by atoms with van der Waals surface area (Å²) < 4.78 is 0. The first kappa shape index (κ1) is 71.8. The molecule has 0 aromatic carbocycles. The molecule has 0 heterocycles. The minimum absolute atomic E-state index is 0. The number of nitriles is 2. The van der Waals surface area contributed by atoms with Crippen LogP contribution >= 0.6 is 56.1 Å². The van der Waals surface area contributed by atoms with Crippen molar-refractivity contribution in [3.63, 3.8) is 0 Å². The van der Waals surface area contributed by atoms with Crippen LogP contribution in [0.3, 0.4) is 0 Å². The zero-order valence-electron chi connectivity index (χ0n) is 37.5. The molecule has 0 N–H and O–H groups in total. The fourth-order valence-corrected chi connectivity index (χ4v) is 35.8. The fraction of sp³-hybridized carbons (Fsp3) is 0.895. The number of thiocarbonyl (C=S) groups is 2. The Balaban J connectivity index is -0.0000000920. The third kappa shape index (κ3) is 40.3. The van der Waals surface area contributed by atoms with E-state index >= 15 is 0 Å². The molecule has 0 radical (unpaired) electrons. The molecule has 312 valence electrons. The van der Waals surface area contributed by atoms with E-state index in [0.29, 0.717) is 41.2 Å². The fourth-order valence-electron chi connectivity index (χ4n) is 6.97. The first-order valence-corrected chi connectivity index (χ1v) is 25.6. The van der Waals surface area contributed by atoms with Crippen molar-refractivity contribution in [1.29, 1.82) is 10.5 Å². The number of hydrogen-bond donors (Lipinski definition) is 0. The van der Waals surface area contributed by atoms with E-state index in [0.717, 1.165) is 0 Å². The van der Waals surface area contributed by atoms with E-state index in [9.17, 15) is 0 Å². The summed E-state index contributed by atoms with van der Waals surface area (Å²) in [5.41, 5.74) is 0. The monoisotopic (exact) mass is 1230 g/mol. The van der Waals surface area contributed by atoms with Gasteiger partial charge in [-0.3, -0.25) is 0 Å². The van der Waals surface area contributed by atoms with Crippen LogP contribution in [-0.2, 0) is 67.4 Å². The molecule has 0 fully saturated rings. The van der Waals surface area contributed by atoms with Gasteiger partial charge < -0.3 is 36.1 Å². The molecule has 0 bridgehead atoms. The molecule has 0 aliphatic carbocycles. The molecule has 52 heavy (non-hydrogen) atoms. The molecular weight excluding hydrogens is 1150 g/mol. The van der Waals surface area contributed by atoms with Gasteiger partial charge in [-0.05, 0) is 166 Å². The third-order valence-corrected chi connectivity index (χ3v) is 28.1. The SMILES string of the molecule is CC(C)(C)[PH+](C[PH+](C(C)(C)C)C(C)(C)C)C(C)(C)C.CC(C)(C)[PH+](C[PH+](C(C)(C)C)C(C)(C)C)C(C)(C)C.N#C[S-].N#C[S-].[N-]=C=S.[N-]=C=S.[Pt+2].[Pt+2]. The van der Waals surface area contributed by atoms with E-state index in [2.05, 4.69) is 216 Å². The van der Waals surface area contributed by atoms with Crippen LogP contribution in [0.2, 0.25) is 0 Å². The van der Waals surface area contributed by atoms with E-state index in [4.69, 9.17) is 21.3 Å². The summed E-state index contributed by atoms with van der Waals surface area (Å²) in [4.78, 5) is 0. The van der Waals surface area contributed by atoms with Crippen molar-refractivity contribution in [1.82, 2.24) is 0 Å². The molecule has 0 aliphatic rings. The van der Waals surface area contributed by atoms with Crippen molar-refractivity contribution in [2.75, 3.05) is 11.8 Å². The van der Waals surface area contributed by atoms with Crippen LogP contribution in [0.5, 0.6) is 0 Å². The molecule has 0 rings (SSSR count). The Kier molecular flexibility index (Phi) is 42.9. The molecule has 0 aromatic heterocycles. The van der Waals surface area contributed by atoms with Crippen molar-refractivity contribution in [2.24, 2.45) is 0 Å².